The second kappa shape index (κ2) is 3.51. The molecule has 1 rings (SSSR count). The highest BCUT2D eigenvalue weighted by molar-refractivity contribution is 5.84. The number of hydrogen-bond donors (Lipinski definition) is 1. The van der Waals surface area contributed by atoms with Crippen molar-refractivity contribution in [2.75, 3.05) is 0 Å². The predicted molar refractivity (Wildman–Crippen MR) is 39.7 cm³/mol. The molecule has 1 heterocycles. The molecule has 55 valence electrons. The van der Waals surface area contributed by atoms with E-state index in [2.05, 4.69) is 11.2 Å². The van der Waals surface area contributed by atoms with Crippen molar-refractivity contribution in [2.24, 2.45) is 0 Å². The van der Waals surface area contributed by atoms with E-state index < -0.39 is 5.97 Å². The number of aromatic nitrogens is 1. The maximum Gasteiger partial charge on any atom is 0.328 e. The van der Waals surface area contributed by atoms with Crippen LogP contribution >= 0.6 is 0 Å². The average molecular weight is 148 g/mol. The summed E-state index contributed by atoms with van der Waals surface area (Å²) in [6, 6.07) is 5.10. The quantitative estimate of drug-likeness (QED) is 0.636. The minimum absolute atomic E-state index is 0.593. The summed E-state index contributed by atoms with van der Waals surface area (Å²) in [5.41, 5.74) is 0.593. The lowest BCUT2D eigenvalue weighted by Crippen LogP contribution is -1.86. The highest BCUT2D eigenvalue weighted by atomic mass is 16.4. The van der Waals surface area contributed by atoms with Crippen LogP contribution in [-0.4, -0.2) is 16.1 Å². The van der Waals surface area contributed by atoms with Gasteiger partial charge in [-0.3, -0.25) is 0 Å². The summed E-state index contributed by atoms with van der Waals surface area (Å²) in [5, 5.41) is 8.25. The van der Waals surface area contributed by atoms with Gasteiger partial charge in [-0.25, -0.2) is 9.78 Å². The van der Waals surface area contributed by atoms with Crippen LogP contribution < -0.4 is 0 Å². The first-order valence-corrected chi connectivity index (χ1v) is 3.03. The Bertz CT molecular complexity index is 267. The fourth-order valence-electron chi connectivity index (χ4n) is 0.588. The van der Waals surface area contributed by atoms with Crippen molar-refractivity contribution in [1.29, 1.82) is 0 Å². The summed E-state index contributed by atoms with van der Waals surface area (Å²) in [6.07, 6.45) is 5.04. The highest BCUT2D eigenvalue weighted by Crippen LogP contribution is 1.94. The fraction of sp³-hybridized carbons (Fsp3) is 0. The lowest BCUT2D eigenvalue weighted by Gasteiger charge is -1.86. The van der Waals surface area contributed by atoms with Crippen molar-refractivity contribution in [3.05, 3.63) is 36.2 Å². The smallest absolute Gasteiger partial charge is 0.328 e. The van der Waals surface area contributed by atoms with E-state index >= 15 is 0 Å². The molecule has 0 aromatic carbocycles. The molecule has 0 aliphatic rings. The summed E-state index contributed by atoms with van der Waals surface area (Å²) in [4.78, 5) is 13.8. The number of hydrogen-bond acceptors (Lipinski definition) is 2. The van der Waals surface area contributed by atoms with Crippen molar-refractivity contribution in [3.63, 3.8) is 0 Å². The van der Waals surface area contributed by atoms with Crippen molar-refractivity contribution in [1.82, 2.24) is 4.98 Å². The Morgan fingerprint density at radius 1 is 1.73 bits per heavy atom. The molecule has 0 saturated carbocycles. The Hall–Kier alpha value is -1.64. The first-order valence-electron chi connectivity index (χ1n) is 3.03. The van der Waals surface area contributed by atoms with Gasteiger partial charge in [0.15, 0.2) is 0 Å². The summed E-state index contributed by atoms with van der Waals surface area (Å²) >= 11 is 0. The molecule has 3 heteroatoms. The molecule has 0 aliphatic heterocycles. The van der Waals surface area contributed by atoms with Gasteiger partial charge in [0, 0.05) is 6.08 Å². The molecule has 11 heavy (non-hydrogen) atoms. The van der Waals surface area contributed by atoms with Crippen LogP contribution in [0.15, 0.2) is 24.3 Å². The number of carboxylic acid groups (broad SMARTS) is 1. The molecule has 0 bridgehead atoms. The normalized spacial score (nSPS) is 10.2. The van der Waals surface area contributed by atoms with E-state index in [9.17, 15) is 4.79 Å². The molecule has 0 unspecified atom stereocenters. The zero-order valence-corrected chi connectivity index (χ0v) is 5.69. The minimum atomic E-state index is -0.976. The maximum atomic E-state index is 10.0. The van der Waals surface area contributed by atoms with Crippen molar-refractivity contribution in [3.8, 4) is 0 Å². The second-order valence-corrected chi connectivity index (χ2v) is 1.86. The molecule has 3 nitrogen and oxygen atoms in total. The van der Waals surface area contributed by atoms with Gasteiger partial charge in [0.05, 0.1) is 11.9 Å². The Morgan fingerprint density at radius 3 is 3.09 bits per heavy atom. The Labute approximate surface area is 64.0 Å². The number of pyridine rings is 1. The van der Waals surface area contributed by atoms with Gasteiger partial charge in [0.1, 0.15) is 0 Å². The Balaban J connectivity index is 2.72. The number of nitrogens with zero attached hydrogens (tertiary/aromatic N) is 1. The molecule has 1 aromatic rings. The van der Waals surface area contributed by atoms with E-state index in [1.807, 2.05) is 0 Å². The largest absolute Gasteiger partial charge is 0.478 e. The lowest BCUT2D eigenvalue weighted by molar-refractivity contribution is -0.131. The van der Waals surface area contributed by atoms with Crippen LogP contribution in [0.1, 0.15) is 5.69 Å². The van der Waals surface area contributed by atoms with Crippen LogP contribution in [-0.2, 0) is 4.79 Å². The van der Waals surface area contributed by atoms with Crippen LogP contribution in [0.3, 0.4) is 0 Å². The molecule has 0 atom stereocenters. The Kier molecular flexibility index (Phi) is 2.38. The van der Waals surface area contributed by atoms with Gasteiger partial charge in [-0.15, -0.1) is 0 Å². The van der Waals surface area contributed by atoms with E-state index in [-0.39, 0.29) is 0 Å². The third-order valence-corrected chi connectivity index (χ3v) is 1.03. The number of rotatable bonds is 2. The Morgan fingerprint density at radius 2 is 2.55 bits per heavy atom. The highest BCUT2D eigenvalue weighted by Gasteiger charge is 1.87. The fourth-order valence-corrected chi connectivity index (χ4v) is 0.588. The first kappa shape index (κ1) is 7.47. The van der Waals surface area contributed by atoms with Crippen LogP contribution in [0.25, 0.3) is 6.08 Å². The molecular formula is C8H6NO2. The zero-order chi connectivity index (χ0) is 8.10. The summed E-state index contributed by atoms with van der Waals surface area (Å²) in [5.74, 6) is -0.976. The van der Waals surface area contributed by atoms with Gasteiger partial charge in [-0.1, -0.05) is 6.07 Å². The average Bonchev–Trinajstić information content (AvgIpc) is 2.03. The third-order valence-electron chi connectivity index (χ3n) is 1.03. The van der Waals surface area contributed by atoms with Gasteiger partial charge in [-0.05, 0) is 18.2 Å². The van der Waals surface area contributed by atoms with Crippen molar-refractivity contribution >= 4 is 12.0 Å². The zero-order valence-electron chi connectivity index (χ0n) is 5.69. The maximum absolute atomic E-state index is 10.0. The van der Waals surface area contributed by atoms with E-state index in [0.29, 0.717) is 5.69 Å². The topological polar surface area (TPSA) is 50.2 Å². The molecular weight excluding hydrogens is 142 g/mol. The van der Waals surface area contributed by atoms with Crippen molar-refractivity contribution in [2.45, 2.75) is 0 Å². The van der Waals surface area contributed by atoms with Gasteiger partial charge in [0.2, 0.25) is 0 Å². The van der Waals surface area contributed by atoms with Gasteiger partial charge in [0.25, 0.3) is 0 Å². The molecule has 0 spiro atoms. The summed E-state index contributed by atoms with van der Waals surface area (Å²) in [7, 11) is 0. The number of carboxylic acids is 1. The molecule has 0 aliphatic carbocycles. The predicted octanol–water partition coefficient (Wildman–Crippen LogP) is 0.980. The number of aliphatic carboxylic acids is 1. The van der Waals surface area contributed by atoms with E-state index in [1.54, 1.807) is 18.2 Å². The summed E-state index contributed by atoms with van der Waals surface area (Å²) in [6.45, 7) is 0. The molecule has 0 amide bonds. The standard InChI is InChI=1S/C8H6NO2/c10-8(11)5-4-7-3-1-2-6-9-7/h1-5H,(H,10,11). The summed E-state index contributed by atoms with van der Waals surface area (Å²) < 4.78 is 0. The van der Waals surface area contributed by atoms with E-state index in [4.69, 9.17) is 5.11 Å². The molecule has 0 fully saturated rings. The van der Waals surface area contributed by atoms with Crippen LogP contribution in [0.5, 0.6) is 0 Å². The monoisotopic (exact) mass is 148 g/mol. The van der Waals surface area contributed by atoms with E-state index in [1.165, 1.54) is 6.08 Å². The molecule has 1 N–H and O–H groups in total. The van der Waals surface area contributed by atoms with Gasteiger partial charge in [-0.2, -0.15) is 0 Å². The number of carbonyl (C=O) groups is 1. The molecule has 1 radical (unpaired) electrons. The van der Waals surface area contributed by atoms with Crippen LogP contribution in [0.2, 0.25) is 0 Å². The minimum Gasteiger partial charge on any atom is -0.478 e. The van der Waals surface area contributed by atoms with E-state index in [0.717, 1.165) is 6.08 Å². The first-order chi connectivity index (χ1) is 5.29. The molecule has 1 aromatic heterocycles. The van der Waals surface area contributed by atoms with Crippen LogP contribution in [0, 0.1) is 6.20 Å². The SMILES string of the molecule is O=C(O)C=Cc1ccc[c]n1. The van der Waals surface area contributed by atoms with Crippen LogP contribution in [0.4, 0.5) is 0 Å². The van der Waals surface area contributed by atoms with Gasteiger partial charge < -0.3 is 5.11 Å². The third kappa shape index (κ3) is 2.62. The molecule has 0 saturated heterocycles. The van der Waals surface area contributed by atoms with Gasteiger partial charge >= 0.3 is 5.97 Å². The second-order valence-electron chi connectivity index (χ2n) is 1.86. The lowest BCUT2D eigenvalue weighted by atomic mass is 10.3. The van der Waals surface area contributed by atoms with Crippen molar-refractivity contribution < 1.29 is 9.90 Å².